The maximum Gasteiger partial charge on any atom is 0.309 e. The van der Waals surface area contributed by atoms with E-state index < -0.39 is 11.4 Å². The zero-order valence-electron chi connectivity index (χ0n) is 20.7. The molecule has 2 N–H and O–H groups in total. The summed E-state index contributed by atoms with van der Waals surface area (Å²) in [5, 5.41) is 12.4. The molecule has 0 saturated carbocycles. The minimum absolute atomic E-state index is 0.0765. The number of nitrogens with zero attached hydrogens (tertiary/aromatic N) is 1. The first-order chi connectivity index (χ1) is 16.0. The first-order valence-corrected chi connectivity index (χ1v) is 11.5. The molecule has 0 bridgehead atoms. The van der Waals surface area contributed by atoms with Gasteiger partial charge in [0.15, 0.2) is 0 Å². The van der Waals surface area contributed by atoms with Gasteiger partial charge < -0.3 is 15.3 Å². The van der Waals surface area contributed by atoms with Gasteiger partial charge in [-0.25, -0.2) is 0 Å². The third-order valence-corrected chi connectivity index (χ3v) is 6.01. The Morgan fingerprint density at radius 1 is 0.853 bits per heavy atom. The molecule has 0 aliphatic heterocycles. The lowest BCUT2D eigenvalue weighted by Crippen LogP contribution is -2.33. The number of rotatable bonds is 9. The molecule has 3 aromatic carbocycles. The van der Waals surface area contributed by atoms with E-state index in [1.165, 1.54) is 0 Å². The van der Waals surface area contributed by atoms with Crippen LogP contribution in [0.4, 0.5) is 11.4 Å². The zero-order valence-corrected chi connectivity index (χ0v) is 20.7. The largest absolute Gasteiger partial charge is 0.481 e. The van der Waals surface area contributed by atoms with Gasteiger partial charge in [0.2, 0.25) is 5.91 Å². The first kappa shape index (κ1) is 25.0. The number of carbonyl (C=O) groups is 2. The Morgan fingerprint density at radius 3 is 2.03 bits per heavy atom. The summed E-state index contributed by atoms with van der Waals surface area (Å²) in [7, 11) is 0. The molecule has 1 amide bonds. The summed E-state index contributed by atoms with van der Waals surface area (Å²) < 4.78 is 0. The molecular weight excluding hydrogens is 424 g/mol. The van der Waals surface area contributed by atoms with Gasteiger partial charge in [-0.05, 0) is 75.9 Å². The highest BCUT2D eigenvalue weighted by Crippen LogP contribution is 2.24. The number of hydrogen-bond acceptors (Lipinski definition) is 3. The van der Waals surface area contributed by atoms with Crippen LogP contribution in [0.2, 0.25) is 0 Å². The van der Waals surface area contributed by atoms with Crippen LogP contribution in [0, 0.1) is 26.2 Å². The van der Waals surface area contributed by atoms with Crippen LogP contribution in [0.1, 0.15) is 41.7 Å². The fourth-order valence-corrected chi connectivity index (χ4v) is 3.88. The summed E-state index contributed by atoms with van der Waals surface area (Å²) in [5.41, 5.74) is 6.36. The van der Waals surface area contributed by atoms with Gasteiger partial charge in [-0.1, -0.05) is 59.7 Å². The second kappa shape index (κ2) is 10.6. The number of amides is 1. The minimum Gasteiger partial charge on any atom is -0.481 e. The molecule has 0 aliphatic rings. The summed E-state index contributed by atoms with van der Waals surface area (Å²) in [6, 6.07) is 22.1. The topological polar surface area (TPSA) is 69.6 Å². The number of carboxylic acid groups (broad SMARTS) is 1. The molecule has 5 nitrogen and oxygen atoms in total. The van der Waals surface area contributed by atoms with Crippen molar-refractivity contribution < 1.29 is 14.7 Å². The third kappa shape index (κ3) is 6.70. The van der Waals surface area contributed by atoms with Crippen LogP contribution in [0.3, 0.4) is 0 Å². The standard InChI is InChI=1S/C29H34N2O3/c1-20-6-13-25(14-7-20)31(19-27(32)30-26-15-8-21(2)16-22(26)3)18-24-11-9-23(10-12-24)17-29(4,5)28(33)34/h6-16H,17-19H2,1-5H3,(H,30,32)(H,33,34). The average Bonchev–Trinajstić information content (AvgIpc) is 2.77. The monoisotopic (exact) mass is 458 g/mol. The van der Waals surface area contributed by atoms with Crippen molar-refractivity contribution in [3.05, 3.63) is 94.5 Å². The molecule has 0 atom stereocenters. The highest BCUT2D eigenvalue weighted by Gasteiger charge is 2.27. The molecular formula is C29H34N2O3. The summed E-state index contributed by atoms with van der Waals surface area (Å²) in [5.74, 6) is -0.885. The zero-order chi connectivity index (χ0) is 24.9. The molecule has 0 spiro atoms. The maximum absolute atomic E-state index is 13.0. The summed E-state index contributed by atoms with van der Waals surface area (Å²) in [6.07, 6.45) is 0.461. The number of aliphatic carboxylic acids is 1. The second-order valence-corrected chi connectivity index (χ2v) is 9.74. The van der Waals surface area contributed by atoms with Crippen LogP contribution >= 0.6 is 0 Å². The van der Waals surface area contributed by atoms with E-state index in [-0.39, 0.29) is 12.5 Å². The highest BCUT2D eigenvalue weighted by molar-refractivity contribution is 5.94. The molecule has 178 valence electrons. The van der Waals surface area contributed by atoms with Crippen LogP contribution in [0.25, 0.3) is 0 Å². The minimum atomic E-state index is -0.818. The molecule has 0 fully saturated rings. The van der Waals surface area contributed by atoms with Crippen LogP contribution < -0.4 is 10.2 Å². The van der Waals surface area contributed by atoms with Gasteiger partial charge in [0.05, 0.1) is 12.0 Å². The van der Waals surface area contributed by atoms with Crippen molar-refractivity contribution in [1.29, 1.82) is 0 Å². The fourth-order valence-electron chi connectivity index (χ4n) is 3.88. The second-order valence-electron chi connectivity index (χ2n) is 9.74. The molecule has 0 unspecified atom stereocenters. The van der Waals surface area contributed by atoms with Crippen molar-refractivity contribution in [2.24, 2.45) is 5.41 Å². The van der Waals surface area contributed by atoms with Gasteiger partial charge in [-0.2, -0.15) is 0 Å². The summed E-state index contributed by atoms with van der Waals surface area (Å²) in [6.45, 7) is 10.3. The Morgan fingerprint density at radius 2 is 1.44 bits per heavy atom. The lowest BCUT2D eigenvalue weighted by atomic mass is 9.86. The Labute approximate surface area is 202 Å². The molecule has 0 heterocycles. The number of aryl methyl sites for hydroxylation is 3. The quantitative estimate of drug-likeness (QED) is 0.418. The number of carboxylic acids is 1. The van der Waals surface area contributed by atoms with Gasteiger partial charge in [0.1, 0.15) is 0 Å². The van der Waals surface area contributed by atoms with E-state index in [1.54, 1.807) is 13.8 Å². The van der Waals surface area contributed by atoms with Gasteiger partial charge >= 0.3 is 5.97 Å². The predicted octanol–water partition coefficient (Wildman–Crippen LogP) is 5.91. The van der Waals surface area contributed by atoms with Crippen LogP contribution in [-0.4, -0.2) is 23.5 Å². The van der Waals surface area contributed by atoms with E-state index in [0.717, 1.165) is 39.2 Å². The van der Waals surface area contributed by atoms with Crippen molar-refractivity contribution in [3.63, 3.8) is 0 Å². The Bertz CT molecular complexity index is 1150. The lowest BCUT2D eigenvalue weighted by molar-refractivity contribution is -0.146. The Hall–Kier alpha value is -3.60. The van der Waals surface area contributed by atoms with Crippen molar-refractivity contribution >= 4 is 23.3 Å². The maximum atomic E-state index is 13.0. The number of carbonyl (C=O) groups excluding carboxylic acids is 1. The summed E-state index contributed by atoms with van der Waals surface area (Å²) >= 11 is 0. The molecule has 3 rings (SSSR count). The number of anilines is 2. The highest BCUT2D eigenvalue weighted by atomic mass is 16.4. The van der Waals surface area contributed by atoms with E-state index in [0.29, 0.717) is 13.0 Å². The van der Waals surface area contributed by atoms with Gasteiger partial charge in [0.25, 0.3) is 0 Å². The van der Waals surface area contributed by atoms with E-state index >= 15 is 0 Å². The SMILES string of the molecule is Cc1ccc(N(CC(=O)Nc2ccc(C)cc2C)Cc2ccc(CC(C)(C)C(=O)O)cc2)cc1. The van der Waals surface area contributed by atoms with Crippen molar-refractivity contribution in [1.82, 2.24) is 0 Å². The van der Waals surface area contributed by atoms with Crippen LogP contribution in [0.5, 0.6) is 0 Å². The molecule has 34 heavy (non-hydrogen) atoms. The smallest absolute Gasteiger partial charge is 0.309 e. The molecule has 3 aromatic rings. The Kier molecular flexibility index (Phi) is 7.77. The van der Waals surface area contributed by atoms with Crippen molar-refractivity contribution in [2.45, 2.75) is 47.6 Å². The van der Waals surface area contributed by atoms with Crippen LogP contribution in [-0.2, 0) is 22.6 Å². The average molecular weight is 459 g/mol. The number of nitrogens with one attached hydrogen (secondary N) is 1. The summed E-state index contributed by atoms with van der Waals surface area (Å²) in [4.78, 5) is 26.5. The molecule has 0 aromatic heterocycles. The number of benzene rings is 3. The lowest BCUT2D eigenvalue weighted by Gasteiger charge is -2.25. The predicted molar refractivity (Wildman–Crippen MR) is 138 cm³/mol. The third-order valence-electron chi connectivity index (χ3n) is 6.01. The Balaban J connectivity index is 1.76. The molecule has 0 saturated heterocycles. The van der Waals surface area contributed by atoms with Crippen molar-refractivity contribution in [3.8, 4) is 0 Å². The fraction of sp³-hybridized carbons (Fsp3) is 0.310. The van der Waals surface area contributed by atoms with E-state index in [9.17, 15) is 14.7 Å². The normalized spacial score (nSPS) is 11.2. The molecule has 0 aliphatic carbocycles. The van der Waals surface area contributed by atoms with Gasteiger partial charge in [-0.3, -0.25) is 9.59 Å². The first-order valence-electron chi connectivity index (χ1n) is 11.5. The molecule has 0 radical (unpaired) electrons. The van der Waals surface area contributed by atoms with E-state index in [4.69, 9.17) is 0 Å². The van der Waals surface area contributed by atoms with Crippen LogP contribution in [0.15, 0.2) is 66.7 Å². The number of hydrogen-bond donors (Lipinski definition) is 2. The van der Waals surface area contributed by atoms with E-state index in [1.807, 2.05) is 81.4 Å². The van der Waals surface area contributed by atoms with Crippen molar-refractivity contribution in [2.75, 3.05) is 16.8 Å². The van der Waals surface area contributed by atoms with Gasteiger partial charge in [0, 0.05) is 17.9 Å². The van der Waals surface area contributed by atoms with E-state index in [2.05, 4.69) is 16.3 Å². The molecule has 5 heteroatoms. The van der Waals surface area contributed by atoms with Gasteiger partial charge in [-0.15, -0.1) is 0 Å².